The van der Waals surface area contributed by atoms with Gasteiger partial charge in [0.25, 0.3) is 0 Å². The first-order chi connectivity index (χ1) is 17.0. The molecule has 2 aliphatic carbocycles. The molecule has 0 N–H and O–H groups in total. The number of fused-ring (bicyclic) bond motifs is 1. The second-order valence-electron chi connectivity index (χ2n) is 9.71. The van der Waals surface area contributed by atoms with Gasteiger partial charge in [0.05, 0.1) is 5.56 Å². The molecule has 0 saturated heterocycles. The summed E-state index contributed by atoms with van der Waals surface area (Å²) in [6.45, 7) is 4.03. The Morgan fingerprint density at radius 3 is 2.31 bits per heavy atom. The van der Waals surface area contributed by atoms with Crippen LogP contribution < -0.4 is 9.47 Å². The molecule has 2 aromatic carbocycles. The van der Waals surface area contributed by atoms with Crippen molar-refractivity contribution in [3.63, 3.8) is 0 Å². The van der Waals surface area contributed by atoms with Gasteiger partial charge >= 0.3 is 5.97 Å². The van der Waals surface area contributed by atoms with E-state index in [-0.39, 0.29) is 12.4 Å². The minimum absolute atomic E-state index is 0.122. The van der Waals surface area contributed by atoms with E-state index in [1.54, 1.807) is 31.2 Å². The maximum absolute atomic E-state index is 14.4. The van der Waals surface area contributed by atoms with E-state index in [2.05, 4.69) is 19.1 Å². The number of carbonyl (C=O) groups is 1. The van der Waals surface area contributed by atoms with E-state index >= 15 is 0 Å². The molecule has 0 aliphatic heterocycles. The minimum atomic E-state index is -1.24. The van der Waals surface area contributed by atoms with Crippen LogP contribution in [0, 0.1) is 29.4 Å². The molecule has 4 atom stereocenters. The molecule has 0 radical (unpaired) electrons. The number of ether oxygens (including phenoxy) is 2. The van der Waals surface area contributed by atoms with E-state index in [0.29, 0.717) is 11.5 Å². The van der Waals surface area contributed by atoms with Crippen molar-refractivity contribution in [2.75, 3.05) is 6.61 Å². The lowest BCUT2D eigenvalue weighted by molar-refractivity contribution is 0.0726. The molecule has 0 spiro atoms. The van der Waals surface area contributed by atoms with Crippen molar-refractivity contribution in [3.8, 4) is 11.5 Å². The second-order valence-corrected chi connectivity index (χ2v) is 9.71. The van der Waals surface area contributed by atoms with Gasteiger partial charge in [-0.3, -0.25) is 0 Å². The highest BCUT2D eigenvalue weighted by molar-refractivity contribution is 5.91. The summed E-state index contributed by atoms with van der Waals surface area (Å²) in [5, 5.41) is 0. The first-order valence-electron chi connectivity index (χ1n) is 12.7. The third-order valence-corrected chi connectivity index (χ3v) is 7.52. The Labute approximate surface area is 206 Å². The van der Waals surface area contributed by atoms with Crippen LogP contribution >= 0.6 is 0 Å². The Hall–Kier alpha value is -2.95. The van der Waals surface area contributed by atoms with Crippen molar-refractivity contribution in [2.24, 2.45) is 17.8 Å². The van der Waals surface area contributed by atoms with Crippen molar-refractivity contribution in [1.29, 1.82) is 0 Å². The molecule has 4 unspecified atom stereocenters. The SMILES string of the molecule is C/C=C/COc1ccc(OC(=O)c2ccc(C3CCC4CC(/C=C/C)CCC4C3)cc2)c(F)c1F. The van der Waals surface area contributed by atoms with Crippen LogP contribution in [-0.2, 0) is 0 Å². The van der Waals surface area contributed by atoms with Gasteiger partial charge in [-0.15, -0.1) is 0 Å². The predicted octanol–water partition coefficient (Wildman–Crippen LogP) is 8.02. The van der Waals surface area contributed by atoms with E-state index in [4.69, 9.17) is 9.47 Å². The molecule has 0 heterocycles. The topological polar surface area (TPSA) is 35.5 Å². The van der Waals surface area contributed by atoms with Crippen LogP contribution in [0.3, 0.4) is 0 Å². The zero-order valence-electron chi connectivity index (χ0n) is 20.5. The quantitative estimate of drug-likeness (QED) is 0.229. The van der Waals surface area contributed by atoms with Crippen molar-refractivity contribution in [2.45, 2.75) is 58.3 Å². The van der Waals surface area contributed by atoms with Crippen LogP contribution in [0.5, 0.6) is 11.5 Å². The Bertz CT molecular complexity index is 1070. The molecule has 2 saturated carbocycles. The summed E-state index contributed by atoms with van der Waals surface area (Å²) in [7, 11) is 0. The molecular weight excluding hydrogens is 446 g/mol. The average molecular weight is 481 g/mol. The summed E-state index contributed by atoms with van der Waals surface area (Å²) in [5.74, 6) is -0.975. The molecular formula is C30H34F2O3. The van der Waals surface area contributed by atoms with Gasteiger partial charge in [-0.1, -0.05) is 36.4 Å². The maximum atomic E-state index is 14.4. The van der Waals surface area contributed by atoms with Gasteiger partial charge in [0, 0.05) is 0 Å². The van der Waals surface area contributed by atoms with Crippen LogP contribution in [0.1, 0.15) is 74.2 Å². The van der Waals surface area contributed by atoms with Crippen LogP contribution in [0.2, 0.25) is 0 Å². The standard InChI is InChI=1S/C30H34F2O3/c1-3-5-17-34-26-15-16-27(29(32)28(26)31)35-30(33)22-11-9-21(10-12-22)24-14-13-23-18-20(6-4-2)7-8-25(23)19-24/h3-6,9-12,15-16,20,23-25H,7-8,13-14,17-19H2,1-2H3/b5-3+,6-4+. The predicted molar refractivity (Wildman–Crippen MR) is 134 cm³/mol. The van der Waals surface area contributed by atoms with Crippen molar-refractivity contribution in [3.05, 3.63) is 83.5 Å². The third-order valence-electron chi connectivity index (χ3n) is 7.52. The normalized spacial score (nSPS) is 24.5. The monoisotopic (exact) mass is 480 g/mol. The van der Waals surface area contributed by atoms with Gasteiger partial charge in [0.1, 0.15) is 6.61 Å². The Morgan fingerprint density at radius 1 is 0.886 bits per heavy atom. The van der Waals surface area contributed by atoms with Gasteiger partial charge in [-0.05, 0) is 106 Å². The van der Waals surface area contributed by atoms with Crippen molar-refractivity contribution in [1.82, 2.24) is 0 Å². The number of rotatable bonds is 7. The lowest BCUT2D eigenvalue weighted by Crippen LogP contribution is -2.30. The van der Waals surface area contributed by atoms with Gasteiger partial charge < -0.3 is 9.47 Å². The highest BCUT2D eigenvalue weighted by Gasteiger charge is 2.35. The van der Waals surface area contributed by atoms with E-state index < -0.39 is 23.4 Å². The number of esters is 1. The number of halogens is 2. The van der Waals surface area contributed by atoms with Crippen LogP contribution in [0.25, 0.3) is 0 Å². The van der Waals surface area contributed by atoms with E-state index in [1.807, 2.05) is 12.1 Å². The van der Waals surface area contributed by atoms with Crippen LogP contribution in [0.15, 0.2) is 60.7 Å². The Morgan fingerprint density at radius 2 is 1.57 bits per heavy atom. The van der Waals surface area contributed by atoms with Crippen molar-refractivity contribution >= 4 is 5.97 Å². The highest BCUT2D eigenvalue weighted by atomic mass is 19.2. The molecule has 35 heavy (non-hydrogen) atoms. The van der Waals surface area contributed by atoms with Crippen molar-refractivity contribution < 1.29 is 23.0 Å². The fraction of sp³-hybridized carbons (Fsp3) is 0.433. The van der Waals surface area contributed by atoms with Crippen LogP contribution in [-0.4, -0.2) is 12.6 Å². The Kier molecular flexibility index (Phi) is 8.37. The zero-order valence-corrected chi connectivity index (χ0v) is 20.5. The summed E-state index contributed by atoms with van der Waals surface area (Å²) < 4.78 is 39.0. The van der Waals surface area contributed by atoms with E-state index in [9.17, 15) is 13.6 Å². The molecule has 2 aliphatic rings. The number of hydrogen-bond donors (Lipinski definition) is 0. The van der Waals surface area contributed by atoms with Crippen LogP contribution in [0.4, 0.5) is 8.78 Å². The minimum Gasteiger partial charge on any atom is -0.486 e. The fourth-order valence-corrected chi connectivity index (χ4v) is 5.66. The van der Waals surface area contributed by atoms with E-state index in [0.717, 1.165) is 17.8 Å². The second kappa shape index (κ2) is 11.7. The van der Waals surface area contributed by atoms with Gasteiger partial charge in [0.2, 0.25) is 11.6 Å². The van der Waals surface area contributed by atoms with Gasteiger partial charge in [0.15, 0.2) is 11.5 Å². The fourth-order valence-electron chi connectivity index (χ4n) is 5.66. The number of carbonyl (C=O) groups excluding carboxylic acids is 1. The summed E-state index contributed by atoms with van der Waals surface area (Å²) in [5.41, 5.74) is 1.54. The Balaban J connectivity index is 1.36. The van der Waals surface area contributed by atoms with E-state index in [1.165, 1.54) is 56.2 Å². The highest BCUT2D eigenvalue weighted by Crippen LogP contribution is 2.47. The molecule has 4 rings (SSSR count). The first-order valence-corrected chi connectivity index (χ1v) is 12.7. The van der Waals surface area contributed by atoms with Gasteiger partial charge in [-0.25, -0.2) is 4.79 Å². The lowest BCUT2D eigenvalue weighted by atomic mass is 9.64. The smallest absolute Gasteiger partial charge is 0.343 e. The number of allylic oxidation sites excluding steroid dienone is 3. The largest absolute Gasteiger partial charge is 0.486 e. The first kappa shape index (κ1) is 25.2. The summed E-state index contributed by atoms with van der Waals surface area (Å²) in [4.78, 5) is 12.6. The number of hydrogen-bond acceptors (Lipinski definition) is 3. The molecule has 2 fully saturated rings. The summed E-state index contributed by atoms with van der Waals surface area (Å²) >= 11 is 0. The molecule has 0 bridgehead atoms. The maximum Gasteiger partial charge on any atom is 0.343 e. The summed E-state index contributed by atoms with van der Waals surface area (Å²) in [6, 6.07) is 9.85. The van der Waals surface area contributed by atoms with Gasteiger partial charge in [-0.2, -0.15) is 8.78 Å². The molecule has 2 aromatic rings. The number of benzene rings is 2. The third kappa shape index (κ3) is 6.01. The molecule has 186 valence electrons. The molecule has 3 nitrogen and oxygen atoms in total. The summed E-state index contributed by atoms with van der Waals surface area (Å²) in [6.07, 6.45) is 15.5. The average Bonchev–Trinajstić information content (AvgIpc) is 2.88. The molecule has 0 aromatic heterocycles. The zero-order chi connectivity index (χ0) is 24.8. The molecule has 5 heteroatoms. The molecule has 0 amide bonds. The lowest BCUT2D eigenvalue weighted by Gasteiger charge is -2.41.